The van der Waals surface area contributed by atoms with Crippen molar-refractivity contribution in [2.75, 3.05) is 23.7 Å². The Morgan fingerprint density at radius 3 is 2.42 bits per heavy atom. The zero-order valence-corrected chi connectivity index (χ0v) is 16.1. The summed E-state index contributed by atoms with van der Waals surface area (Å²) in [7, 11) is -3.53. The Hall–Kier alpha value is -2.12. The Labute approximate surface area is 157 Å². The molecular weight excluding hydrogens is 379 g/mol. The van der Waals surface area contributed by atoms with Gasteiger partial charge in [-0.2, -0.15) is 0 Å². The minimum atomic E-state index is -3.53. The second kappa shape index (κ2) is 8.51. The second-order valence-corrected chi connectivity index (χ2v) is 8.24. The third-order valence-electron chi connectivity index (χ3n) is 3.76. The molecular formula is C18H20ClFN2O3S. The fourth-order valence-electron chi connectivity index (χ4n) is 2.37. The lowest BCUT2D eigenvalue weighted by Crippen LogP contribution is -2.38. The molecule has 0 aliphatic carbocycles. The lowest BCUT2D eigenvalue weighted by molar-refractivity contribution is -0.120. The number of hydrogen-bond acceptors (Lipinski definition) is 3. The van der Waals surface area contributed by atoms with Gasteiger partial charge in [0.1, 0.15) is 5.82 Å². The van der Waals surface area contributed by atoms with E-state index in [2.05, 4.69) is 5.32 Å². The maximum atomic E-state index is 12.9. The molecule has 0 unspecified atom stereocenters. The average molecular weight is 399 g/mol. The summed E-state index contributed by atoms with van der Waals surface area (Å²) in [5.74, 6) is -0.637. The number of amides is 1. The van der Waals surface area contributed by atoms with Crippen molar-refractivity contribution in [3.63, 3.8) is 0 Å². The number of sulfonamides is 1. The first-order valence-electron chi connectivity index (χ1n) is 7.92. The smallest absolute Gasteiger partial charge is 0.232 e. The molecule has 2 rings (SSSR count). The van der Waals surface area contributed by atoms with Crippen LogP contribution in [0.1, 0.15) is 11.1 Å². The quantitative estimate of drug-likeness (QED) is 0.779. The van der Waals surface area contributed by atoms with Gasteiger partial charge in [0.05, 0.1) is 24.9 Å². The first-order chi connectivity index (χ1) is 12.2. The number of nitrogens with one attached hydrogen (secondary N) is 1. The van der Waals surface area contributed by atoms with Crippen molar-refractivity contribution in [3.05, 3.63) is 64.4 Å². The maximum absolute atomic E-state index is 12.9. The molecule has 5 nitrogen and oxygen atoms in total. The minimum Gasteiger partial charge on any atom is -0.354 e. The van der Waals surface area contributed by atoms with E-state index in [0.29, 0.717) is 16.3 Å². The lowest BCUT2D eigenvalue weighted by atomic mass is 10.1. The van der Waals surface area contributed by atoms with Crippen LogP contribution >= 0.6 is 11.6 Å². The molecule has 0 saturated carbocycles. The topological polar surface area (TPSA) is 66.5 Å². The van der Waals surface area contributed by atoms with Gasteiger partial charge in [0.25, 0.3) is 0 Å². The SMILES string of the molecule is Cc1ccc(N(CCNC(=O)Cc2ccc(F)cc2)S(C)(=O)=O)cc1Cl. The molecule has 0 aliphatic rings. The molecule has 2 aromatic carbocycles. The molecule has 26 heavy (non-hydrogen) atoms. The molecule has 1 N–H and O–H groups in total. The van der Waals surface area contributed by atoms with Crippen molar-refractivity contribution < 1.29 is 17.6 Å². The molecule has 0 bridgehead atoms. The van der Waals surface area contributed by atoms with E-state index >= 15 is 0 Å². The first kappa shape index (κ1) is 20.2. The summed E-state index contributed by atoms with van der Waals surface area (Å²) in [4.78, 5) is 12.0. The van der Waals surface area contributed by atoms with Gasteiger partial charge in [-0.1, -0.05) is 29.8 Å². The number of anilines is 1. The summed E-state index contributed by atoms with van der Waals surface area (Å²) in [6.07, 6.45) is 1.19. The van der Waals surface area contributed by atoms with Crippen LogP contribution in [-0.4, -0.2) is 33.7 Å². The van der Waals surface area contributed by atoms with E-state index < -0.39 is 10.0 Å². The van der Waals surface area contributed by atoms with Crippen molar-refractivity contribution in [1.82, 2.24) is 5.32 Å². The van der Waals surface area contributed by atoms with Crippen LogP contribution in [0.5, 0.6) is 0 Å². The fraction of sp³-hybridized carbons (Fsp3) is 0.278. The van der Waals surface area contributed by atoms with Crippen LogP contribution in [0, 0.1) is 12.7 Å². The number of carbonyl (C=O) groups excluding carboxylic acids is 1. The Bertz CT molecular complexity index is 886. The zero-order chi connectivity index (χ0) is 19.3. The minimum absolute atomic E-state index is 0.0768. The number of carbonyl (C=O) groups is 1. The van der Waals surface area contributed by atoms with Gasteiger partial charge in [0.2, 0.25) is 15.9 Å². The van der Waals surface area contributed by atoms with Gasteiger partial charge in [-0.05, 0) is 42.3 Å². The normalized spacial score (nSPS) is 11.2. The van der Waals surface area contributed by atoms with Crippen LogP contribution in [0.3, 0.4) is 0 Å². The molecule has 0 spiro atoms. The Morgan fingerprint density at radius 2 is 1.85 bits per heavy atom. The summed E-state index contributed by atoms with van der Waals surface area (Å²) >= 11 is 6.08. The fourth-order valence-corrected chi connectivity index (χ4v) is 3.46. The Balaban J connectivity index is 1.98. The van der Waals surface area contributed by atoms with Crippen molar-refractivity contribution in [2.45, 2.75) is 13.3 Å². The van der Waals surface area contributed by atoms with Gasteiger partial charge in [-0.25, -0.2) is 12.8 Å². The molecule has 0 aliphatic heterocycles. The number of rotatable bonds is 7. The second-order valence-electron chi connectivity index (χ2n) is 5.92. The zero-order valence-electron chi connectivity index (χ0n) is 14.5. The van der Waals surface area contributed by atoms with Gasteiger partial charge >= 0.3 is 0 Å². The van der Waals surface area contributed by atoms with Crippen LogP contribution < -0.4 is 9.62 Å². The lowest BCUT2D eigenvalue weighted by Gasteiger charge is -2.23. The van der Waals surface area contributed by atoms with E-state index in [9.17, 15) is 17.6 Å². The van der Waals surface area contributed by atoms with E-state index in [4.69, 9.17) is 11.6 Å². The van der Waals surface area contributed by atoms with Crippen molar-refractivity contribution in [2.24, 2.45) is 0 Å². The molecule has 0 fully saturated rings. The van der Waals surface area contributed by atoms with Crippen LogP contribution in [0.15, 0.2) is 42.5 Å². The third kappa shape index (κ3) is 5.71. The van der Waals surface area contributed by atoms with Crippen molar-refractivity contribution in [3.8, 4) is 0 Å². The highest BCUT2D eigenvalue weighted by atomic mass is 35.5. The van der Waals surface area contributed by atoms with Crippen LogP contribution in [0.4, 0.5) is 10.1 Å². The van der Waals surface area contributed by atoms with E-state index in [1.54, 1.807) is 18.2 Å². The maximum Gasteiger partial charge on any atom is 0.232 e. The summed E-state index contributed by atoms with van der Waals surface area (Å²) in [5, 5.41) is 3.14. The molecule has 0 saturated heterocycles. The predicted molar refractivity (Wildman–Crippen MR) is 101 cm³/mol. The highest BCUT2D eigenvalue weighted by Crippen LogP contribution is 2.24. The molecule has 140 valence electrons. The van der Waals surface area contributed by atoms with Gasteiger partial charge in [0, 0.05) is 11.6 Å². The molecule has 0 heterocycles. The first-order valence-corrected chi connectivity index (χ1v) is 10.1. The van der Waals surface area contributed by atoms with E-state index in [1.807, 2.05) is 6.92 Å². The Kier molecular flexibility index (Phi) is 6.61. The highest BCUT2D eigenvalue weighted by molar-refractivity contribution is 7.92. The van der Waals surface area contributed by atoms with Crippen LogP contribution in [0.25, 0.3) is 0 Å². The molecule has 2 aromatic rings. The number of benzene rings is 2. The van der Waals surface area contributed by atoms with Crippen LogP contribution in [-0.2, 0) is 21.2 Å². The number of halogens is 2. The molecule has 0 radical (unpaired) electrons. The molecule has 8 heteroatoms. The van der Waals surface area contributed by atoms with Gasteiger partial charge in [-0.15, -0.1) is 0 Å². The number of hydrogen-bond donors (Lipinski definition) is 1. The summed E-state index contributed by atoms with van der Waals surface area (Å²) in [6, 6.07) is 10.6. The molecule has 1 amide bonds. The monoisotopic (exact) mass is 398 g/mol. The Morgan fingerprint density at radius 1 is 1.19 bits per heavy atom. The third-order valence-corrected chi connectivity index (χ3v) is 5.36. The van der Waals surface area contributed by atoms with Crippen molar-refractivity contribution in [1.29, 1.82) is 0 Å². The van der Waals surface area contributed by atoms with Crippen LogP contribution in [0.2, 0.25) is 5.02 Å². The molecule has 0 aromatic heterocycles. The average Bonchev–Trinajstić information content (AvgIpc) is 2.55. The van der Waals surface area contributed by atoms with E-state index in [-0.39, 0.29) is 31.2 Å². The predicted octanol–water partition coefficient (Wildman–Crippen LogP) is 2.91. The largest absolute Gasteiger partial charge is 0.354 e. The van der Waals surface area contributed by atoms with Crippen molar-refractivity contribution >= 4 is 33.2 Å². The highest BCUT2D eigenvalue weighted by Gasteiger charge is 2.18. The molecule has 0 atom stereocenters. The number of aryl methyl sites for hydroxylation is 1. The van der Waals surface area contributed by atoms with E-state index in [0.717, 1.165) is 11.8 Å². The van der Waals surface area contributed by atoms with Gasteiger partial charge in [0.15, 0.2) is 0 Å². The van der Waals surface area contributed by atoms with Gasteiger partial charge in [-0.3, -0.25) is 9.10 Å². The van der Waals surface area contributed by atoms with E-state index in [1.165, 1.54) is 28.6 Å². The summed E-state index contributed by atoms with van der Waals surface area (Å²) < 4.78 is 38.2. The number of nitrogens with zero attached hydrogens (tertiary/aromatic N) is 1. The standard InChI is InChI=1S/C18H20ClFN2O3S/c1-13-3-8-16(12-17(13)19)22(26(2,24)25)10-9-21-18(23)11-14-4-6-15(20)7-5-14/h3-8,12H,9-11H2,1-2H3,(H,21,23). The summed E-state index contributed by atoms with van der Waals surface area (Å²) in [5.41, 5.74) is 1.96. The van der Waals surface area contributed by atoms with Gasteiger partial charge < -0.3 is 5.32 Å². The summed E-state index contributed by atoms with van der Waals surface area (Å²) in [6.45, 7) is 2.04.